The van der Waals surface area contributed by atoms with Crippen molar-refractivity contribution in [1.29, 1.82) is 0 Å². The van der Waals surface area contributed by atoms with Crippen molar-refractivity contribution < 1.29 is 0 Å². The first-order chi connectivity index (χ1) is 7.58. The standard InChI is InChI=1S/C15H17N/c1-10-7-11(2)15(12(3)8-10)14-6-5-13(4)16-9-14/h5-9H,1-4H3. The van der Waals surface area contributed by atoms with Crippen molar-refractivity contribution >= 4 is 0 Å². The van der Waals surface area contributed by atoms with Crippen LogP contribution in [0.3, 0.4) is 0 Å². The molecule has 0 saturated carbocycles. The molecule has 0 N–H and O–H groups in total. The molecule has 1 heteroatoms. The van der Waals surface area contributed by atoms with Gasteiger partial charge in [-0.05, 0) is 50.5 Å². The molecule has 1 aromatic heterocycles. The number of aryl methyl sites for hydroxylation is 4. The Hall–Kier alpha value is -1.63. The van der Waals surface area contributed by atoms with Gasteiger partial charge in [-0.3, -0.25) is 4.98 Å². The highest BCUT2D eigenvalue weighted by Gasteiger charge is 2.06. The summed E-state index contributed by atoms with van der Waals surface area (Å²) in [6, 6.07) is 8.66. The average Bonchev–Trinajstić information content (AvgIpc) is 2.19. The largest absolute Gasteiger partial charge is 0.261 e. The lowest BCUT2D eigenvalue weighted by Gasteiger charge is -2.11. The molecule has 0 spiro atoms. The first-order valence-corrected chi connectivity index (χ1v) is 5.59. The molecule has 0 unspecified atom stereocenters. The van der Waals surface area contributed by atoms with E-state index in [1.807, 2.05) is 13.1 Å². The van der Waals surface area contributed by atoms with E-state index < -0.39 is 0 Å². The minimum Gasteiger partial charge on any atom is -0.261 e. The van der Waals surface area contributed by atoms with Gasteiger partial charge in [0.2, 0.25) is 0 Å². The predicted molar refractivity (Wildman–Crippen MR) is 68.6 cm³/mol. The fourth-order valence-electron chi connectivity index (χ4n) is 2.25. The molecule has 2 aromatic rings. The van der Waals surface area contributed by atoms with E-state index in [2.05, 4.69) is 50.0 Å². The number of pyridine rings is 1. The lowest BCUT2D eigenvalue weighted by molar-refractivity contribution is 1.20. The van der Waals surface area contributed by atoms with Crippen molar-refractivity contribution in [2.45, 2.75) is 27.7 Å². The summed E-state index contributed by atoms with van der Waals surface area (Å²) in [5, 5.41) is 0. The third-order valence-corrected chi connectivity index (χ3v) is 2.88. The molecular weight excluding hydrogens is 194 g/mol. The maximum Gasteiger partial charge on any atom is 0.0373 e. The summed E-state index contributed by atoms with van der Waals surface area (Å²) in [5.74, 6) is 0. The molecule has 2 rings (SSSR count). The van der Waals surface area contributed by atoms with Crippen molar-refractivity contribution in [1.82, 2.24) is 4.98 Å². The van der Waals surface area contributed by atoms with Gasteiger partial charge < -0.3 is 0 Å². The van der Waals surface area contributed by atoms with Gasteiger partial charge in [0.15, 0.2) is 0 Å². The maximum absolute atomic E-state index is 4.36. The lowest BCUT2D eigenvalue weighted by atomic mass is 9.95. The Bertz CT molecular complexity index is 486. The van der Waals surface area contributed by atoms with Crippen LogP contribution in [0.5, 0.6) is 0 Å². The van der Waals surface area contributed by atoms with Gasteiger partial charge in [0, 0.05) is 17.5 Å². The number of hydrogen-bond donors (Lipinski definition) is 0. The summed E-state index contributed by atoms with van der Waals surface area (Å²) in [7, 11) is 0. The number of benzene rings is 1. The Morgan fingerprint density at radius 2 is 1.50 bits per heavy atom. The Balaban J connectivity index is 2.60. The first kappa shape index (κ1) is 10.9. The van der Waals surface area contributed by atoms with Crippen LogP contribution >= 0.6 is 0 Å². The smallest absolute Gasteiger partial charge is 0.0373 e. The van der Waals surface area contributed by atoms with Gasteiger partial charge >= 0.3 is 0 Å². The Morgan fingerprint density at radius 1 is 0.875 bits per heavy atom. The zero-order valence-corrected chi connectivity index (χ0v) is 10.3. The number of rotatable bonds is 1. The van der Waals surface area contributed by atoms with Crippen LogP contribution in [-0.4, -0.2) is 4.98 Å². The highest BCUT2D eigenvalue weighted by molar-refractivity contribution is 5.70. The van der Waals surface area contributed by atoms with Crippen LogP contribution in [-0.2, 0) is 0 Å². The third-order valence-electron chi connectivity index (χ3n) is 2.88. The van der Waals surface area contributed by atoms with Crippen molar-refractivity contribution in [3.05, 3.63) is 52.8 Å². The maximum atomic E-state index is 4.36. The summed E-state index contributed by atoms with van der Waals surface area (Å²) in [4.78, 5) is 4.36. The van der Waals surface area contributed by atoms with Crippen molar-refractivity contribution in [3.8, 4) is 11.1 Å². The van der Waals surface area contributed by atoms with Crippen LogP contribution in [0.15, 0.2) is 30.5 Å². The number of hydrogen-bond acceptors (Lipinski definition) is 1. The van der Waals surface area contributed by atoms with Crippen LogP contribution in [0.1, 0.15) is 22.4 Å². The van der Waals surface area contributed by atoms with Gasteiger partial charge in [-0.25, -0.2) is 0 Å². The predicted octanol–water partition coefficient (Wildman–Crippen LogP) is 3.98. The van der Waals surface area contributed by atoms with E-state index in [9.17, 15) is 0 Å². The molecule has 0 radical (unpaired) electrons. The second-order valence-electron chi connectivity index (χ2n) is 4.46. The zero-order valence-electron chi connectivity index (χ0n) is 10.3. The van der Waals surface area contributed by atoms with Crippen LogP contribution in [0.4, 0.5) is 0 Å². The van der Waals surface area contributed by atoms with Gasteiger partial charge in [-0.1, -0.05) is 23.8 Å². The SMILES string of the molecule is Cc1cc(C)c(-c2ccc(C)nc2)c(C)c1. The monoisotopic (exact) mass is 211 g/mol. The van der Waals surface area contributed by atoms with Crippen molar-refractivity contribution in [3.63, 3.8) is 0 Å². The van der Waals surface area contributed by atoms with Gasteiger partial charge in [-0.2, -0.15) is 0 Å². The second kappa shape index (κ2) is 4.09. The molecule has 0 amide bonds. The average molecular weight is 211 g/mol. The summed E-state index contributed by atoms with van der Waals surface area (Å²) < 4.78 is 0. The third kappa shape index (κ3) is 1.99. The highest BCUT2D eigenvalue weighted by atomic mass is 14.7. The first-order valence-electron chi connectivity index (χ1n) is 5.59. The Labute approximate surface area is 97.2 Å². The summed E-state index contributed by atoms with van der Waals surface area (Å²) >= 11 is 0. The lowest BCUT2D eigenvalue weighted by Crippen LogP contribution is -1.91. The van der Waals surface area contributed by atoms with Crippen LogP contribution < -0.4 is 0 Å². The molecular formula is C15H17N. The Kier molecular flexibility index (Phi) is 2.78. The van der Waals surface area contributed by atoms with Gasteiger partial charge in [-0.15, -0.1) is 0 Å². The minimum absolute atomic E-state index is 1.06. The number of nitrogens with zero attached hydrogens (tertiary/aromatic N) is 1. The summed E-state index contributed by atoms with van der Waals surface area (Å²) in [5.41, 5.74) is 7.55. The van der Waals surface area contributed by atoms with E-state index in [-0.39, 0.29) is 0 Å². The zero-order chi connectivity index (χ0) is 11.7. The molecule has 0 atom stereocenters. The molecule has 82 valence electrons. The molecule has 0 bridgehead atoms. The fraction of sp³-hybridized carbons (Fsp3) is 0.267. The van der Waals surface area contributed by atoms with E-state index in [0.29, 0.717) is 0 Å². The van der Waals surface area contributed by atoms with Crippen LogP contribution in [0.25, 0.3) is 11.1 Å². The van der Waals surface area contributed by atoms with E-state index >= 15 is 0 Å². The van der Waals surface area contributed by atoms with Crippen molar-refractivity contribution in [2.24, 2.45) is 0 Å². The fourth-order valence-corrected chi connectivity index (χ4v) is 2.25. The van der Waals surface area contributed by atoms with Crippen LogP contribution in [0, 0.1) is 27.7 Å². The normalized spacial score (nSPS) is 10.5. The molecule has 1 aromatic carbocycles. The topological polar surface area (TPSA) is 12.9 Å². The minimum atomic E-state index is 1.06. The van der Waals surface area contributed by atoms with Crippen molar-refractivity contribution in [2.75, 3.05) is 0 Å². The van der Waals surface area contributed by atoms with E-state index in [1.165, 1.54) is 27.8 Å². The highest BCUT2D eigenvalue weighted by Crippen LogP contribution is 2.27. The van der Waals surface area contributed by atoms with Crippen LogP contribution in [0.2, 0.25) is 0 Å². The number of aromatic nitrogens is 1. The molecule has 0 aliphatic rings. The molecule has 0 aliphatic heterocycles. The molecule has 0 aliphatic carbocycles. The second-order valence-corrected chi connectivity index (χ2v) is 4.46. The summed E-state index contributed by atoms with van der Waals surface area (Å²) in [6.07, 6.45) is 1.96. The molecule has 16 heavy (non-hydrogen) atoms. The van der Waals surface area contributed by atoms with Gasteiger partial charge in [0.25, 0.3) is 0 Å². The molecule has 0 saturated heterocycles. The van der Waals surface area contributed by atoms with Gasteiger partial charge in [0.1, 0.15) is 0 Å². The Morgan fingerprint density at radius 3 is 2.00 bits per heavy atom. The quantitative estimate of drug-likeness (QED) is 0.695. The van der Waals surface area contributed by atoms with E-state index in [4.69, 9.17) is 0 Å². The molecule has 1 heterocycles. The van der Waals surface area contributed by atoms with Gasteiger partial charge in [0.05, 0.1) is 0 Å². The van der Waals surface area contributed by atoms with E-state index in [0.717, 1.165) is 5.69 Å². The summed E-state index contributed by atoms with van der Waals surface area (Å²) in [6.45, 7) is 8.47. The van der Waals surface area contributed by atoms with E-state index in [1.54, 1.807) is 0 Å². The molecule has 1 nitrogen and oxygen atoms in total. The molecule has 0 fully saturated rings.